The minimum atomic E-state index is -0.979. The lowest BCUT2D eigenvalue weighted by Gasteiger charge is -2.37. The molecule has 2 unspecified atom stereocenters. The van der Waals surface area contributed by atoms with Gasteiger partial charge in [-0.1, -0.05) is 48.9 Å². The van der Waals surface area contributed by atoms with E-state index in [4.69, 9.17) is 14.6 Å². The van der Waals surface area contributed by atoms with Crippen molar-refractivity contribution in [3.05, 3.63) is 65.2 Å². The number of hydrogen-bond acceptors (Lipinski definition) is 4. The lowest BCUT2D eigenvalue weighted by atomic mass is 9.86. The Hall–Kier alpha value is -3.06. The van der Waals surface area contributed by atoms with Crippen molar-refractivity contribution < 1.29 is 24.2 Å². The summed E-state index contributed by atoms with van der Waals surface area (Å²) in [6.07, 6.45) is 1.79. The van der Waals surface area contributed by atoms with Gasteiger partial charge >= 0.3 is 12.0 Å². The van der Waals surface area contributed by atoms with Crippen LogP contribution in [0, 0.1) is 6.92 Å². The molecule has 2 N–H and O–H groups in total. The number of carbonyl (C=O) groups is 2. The Labute approximate surface area is 195 Å². The maximum atomic E-state index is 12.6. The molecule has 2 amide bonds. The highest BCUT2D eigenvalue weighted by Crippen LogP contribution is 2.30. The molecule has 1 aliphatic rings. The van der Waals surface area contributed by atoms with Gasteiger partial charge in [0.25, 0.3) is 0 Å². The summed E-state index contributed by atoms with van der Waals surface area (Å²) >= 11 is 0. The summed E-state index contributed by atoms with van der Waals surface area (Å²) in [5.74, 6) is -0.263. The molecule has 1 aliphatic heterocycles. The van der Waals surface area contributed by atoms with E-state index >= 15 is 0 Å². The first-order chi connectivity index (χ1) is 15.9. The molecule has 2 aromatic carbocycles. The molecule has 178 valence electrons. The molecule has 0 aliphatic carbocycles. The molecule has 1 fully saturated rings. The first-order valence-corrected chi connectivity index (χ1v) is 11.5. The number of amides is 2. The Kier molecular flexibility index (Phi) is 8.33. The minimum Gasteiger partial charge on any atom is -0.494 e. The van der Waals surface area contributed by atoms with Gasteiger partial charge in [0.1, 0.15) is 5.75 Å². The van der Waals surface area contributed by atoms with E-state index in [1.54, 1.807) is 0 Å². The fourth-order valence-corrected chi connectivity index (χ4v) is 4.33. The molecular weight excluding hydrogens is 420 g/mol. The van der Waals surface area contributed by atoms with Gasteiger partial charge in [-0.2, -0.15) is 0 Å². The average molecular weight is 455 g/mol. The maximum absolute atomic E-state index is 12.6. The van der Waals surface area contributed by atoms with Crippen molar-refractivity contribution >= 4 is 12.0 Å². The van der Waals surface area contributed by atoms with E-state index in [2.05, 4.69) is 43.4 Å². The van der Waals surface area contributed by atoms with Crippen LogP contribution in [0.3, 0.4) is 0 Å². The standard InChI is InChI=1S/C26H34N2O5/c1-4-14-28-25(31)27-18-26(28,17-21-7-5-19(2)6-8-21)13-15-33-22-11-9-20(10-12-22)16-23(32-3)24(29)30/h5-12,23H,4,13-18H2,1-3H3,(H,27,31)(H,29,30). The quantitative estimate of drug-likeness (QED) is 0.509. The van der Waals surface area contributed by atoms with Crippen molar-refractivity contribution in [2.24, 2.45) is 0 Å². The summed E-state index contributed by atoms with van der Waals surface area (Å²) in [4.78, 5) is 25.7. The SMILES string of the molecule is CCCN1C(=O)NCC1(CCOc1ccc(CC(OC)C(=O)O)cc1)Cc1ccc(C)cc1. The van der Waals surface area contributed by atoms with Crippen LogP contribution in [0.25, 0.3) is 0 Å². The second-order valence-corrected chi connectivity index (χ2v) is 8.71. The smallest absolute Gasteiger partial charge is 0.333 e. The third-order valence-electron chi connectivity index (χ3n) is 6.23. The Morgan fingerprint density at radius 1 is 1.15 bits per heavy atom. The number of ether oxygens (including phenoxy) is 2. The zero-order valence-corrected chi connectivity index (χ0v) is 19.7. The summed E-state index contributed by atoms with van der Waals surface area (Å²) in [5.41, 5.74) is 2.95. The maximum Gasteiger partial charge on any atom is 0.333 e. The molecule has 3 rings (SSSR count). The van der Waals surface area contributed by atoms with E-state index in [1.165, 1.54) is 18.2 Å². The summed E-state index contributed by atoms with van der Waals surface area (Å²) in [6.45, 7) is 5.92. The van der Waals surface area contributed by atoms with Crippen LogP contribution < -0.4 is 10.1 Å². The minimum absolute atomic E-state index is 0.0144. The summed E-state index contributed by atoms with van der Waals surface area (Å²) < 4.78 is 11.0. The first-order valence-electron chi connectivity index (χ1n) is 11.5. The van der Waals surface area contributed by atoms with E-state index in [9.17, 15) is 9.59 Å². The van der Waals surface area contributed by atoms with Crippen LogP contribution in [0.15, 0.2) is 48.5 Å². The van der Waals surface area contributed by atoms with E-state index in [0.717, 1.165) is 18.4 Å². The van der Waals surface area contributed by atoms with Gasteiger partial charge in [-0.25, -0.2) is 9.59 Å². The Balaban J connectivity index is 1.66. The summed E-state index contributed by atoms with van der Waals surface area (Å²) in [5, 5.41) is 12.2. The number of benzene rings is 2. The second kappa shape index (κ2) is 11.2. The molecule has 0 saturated carbocycles. The number of hydrogen-bond donors (Lipinski definition) is 2. The van der Waals surface area contributed by atoms with Gasteiger partial charge in [-0.3, -0.25) is 0 Å². The van der Waals surface area contributed by atoms with Crippen LogP contribution in [0.5, 0.6) is 5.75 Å². The lowest BCUT2D eigenvalue weighted by Crippen LogP contribution is -2.50. The molecule has 33 heavy (non-hydrogen) atoms. The number of aliphatic carboxylic acids is 1. The number of rotatable bonds is 12. The highest BCUT2D eigenvalue weighted by Gasteiger charge is 2.44. The van der Waals surface area contributed by atoms with Gasteiger partial charge in [0.05, 0.1) is 12.1 Å². The van der Waals surface area contributed by atoms with Crippen LogP contribution in [0.4, 0.5) is 4.79 Å². The third kappa shape index (κ3) is 6.26. The molecule has 7 nitrogen and oxygen atoms in total. The van der Waals surface area contributed by atoms with Crippen LogP contribution in [0.1, 0.15) is 36.5 Å². The van der Waals surface area contributed by atoms with Crippen molar-refractivity contribution in [2.45, 2.75) is 51.2 Å². The van der Waals surface area contributed by atoms with Crippen molar-refractivity contribution in [2.75, 3.05) is 26.8 Å². The molecular formula is C26H34N2O5. The van der Waals surface area contributed by atoms with Crippen molar-refractivity contribution in [3.8, 4) is 5.75 Å². The predicted octanol–water partition coefficient (Wildman–Crippen LogP) is 3.82. The number of nitrogens with one attached hydrogen (secondary N) is 1. The largest absolute Gasteiger partial charge is 0.494 e. The molecule has 2 atom stereocenters. The fourth-order valence-electron chi connectivity index (χ4n) is 4.33. The van der Waals surface area contributed by atoms with Crippen LogP contribution in [-0.2, 0) is 22.4 Å². The molecule has 2 aromatic rings. The van der Waals surface area contributed by atoms with Gasteiger partial charge in [0.2, 0.25) is 0 Å². The van der Waals surface area contributed by atoms with E-state index < -0.39 is 12.1 Å². The van der Waals surface area contributed by atoms with Gasteiger partial charge in [0.15, 0.2) is 6.10 Å². The van der Waals surface area contributed by atoms with Gasteiger partial charge in [-0.15, -0.1) is 0 Å². The Morgan fingerprint density at radius 3 is 2.42 bits per heavy atom. The Bertz CT molecular complexity index is 929. The second-order valence-electron chi connectivity index (χ2n) is 8.71. The number of aryl methyl sites for hydroxylation is 1. The zero-order chi connectivity index (χ0) is 23.8. The molecule has 0 bridgehead atoms. The molecule has 0 aromatic heterocycles. The molecule has 0 radical (unpaired) electrons. The molecule has 7 heteroatoms. The van der Waals surface area contributed by atoms with Crippen molar-refractivity contribution in [1.29, 1.82) is 0 Å². The van der Waals surface area contributed by atoms with Gasteiger partial charge < -0.3 is 24.8 Å². The third-order valence-corrected chi connectivity index (χ3v) is 6.23. The average Bonchev–Trinajstić information content (AvgIpc) is 3.10. The Morgan fingerprint density at radius 2 is 1.82 bits per heavy atom. The predicted molar refractivity (Wildman–Crippen MR) is 127 cm³/mol. The molecule has 1 heterocycles. The molecule has 0 spiro atoms. The monoisotopic (exact) mass is 454 g/mol. The normalized spacial score (nSPS) is 18.8. The van der Waals surface area contributed by atoms with E-state index in [-0.39, 0.29) is 11.6 Å². The number of nitrogens with zero attached hydrogens (tertiary/aromatic N) is 1. The topological polar surface area (TPSA) is 88.1 Å². The zero-order valence-electron chi connectivity index (χ0n) is 19.7. The van der Waals surface area contributed by atoms with Crippen LogP contribution in [0.2, 0.25) is 0 Å². The summed E-state index contributed by atoms with van der Waals surface area (Å²) in [6, 6.07) is 15.9. The number of carboxylic acid groups (broad SMARTS) is 1. The lowest BCUT2D eigenvalue weighted by molar-refractivity contribution is -0.148. The summed E-state index contributed by atoms with van der Waals surface area (Å²) in [7, 11) is 1.40. The molecule has 1 saturated heterocycles. The number of carbonyl (C=O) groups excluding carboxylic acids is 1. The number of methoxy groups -OCH3 is 1. The number of carboxylic acids is 1. The van der Waals surface area contributed by atoms with Crippen molar-refractivity contribution in [3.63, 3.8) is 0 Å². The highest BCUT2D eigenvalue weighted by atomic mass is 16.5. The van der Waals surface area contributed by atoms with Crippen LogP contribution >= 0.6 is 0 Å². The van der Waals surface area contributed by atoms with E-state index in [1.807, 2.05) is 29.2 Å². The van der Waals surface area contributed by atoms with Gasteiger partial charge in [-0.05, 0) is 43.0 Å². The van der Waals surface area contributed by atoms with E-state index in [0.29, 0.717) is 38.3 Å². The van der Waals surface area contributed by atoms with Crippen LogP contribution in [-0.4, -0.2) is 60.5 Å². The highest BCUT2D eigenvalue weighted by molar-refractivity contribution is 5.78. The first kappa shape index (κ1) is 24.6. The fraction of sp³-hybridized carbons (Fsp3) is 0.462. The van der Waals surface area contributed by atoms with Gasteiger partial charge in [0, 0.05) is 33.0 Å². The van der Waals surface area contributed by atoms with Crippen molar-refractivity contribution in [1.82, 2.24) is 10.2 Å². The number of urea groups is 1.